The minimum absolute atomic E-state index is 0.624. The van der Waals surface area contributed by atoms with Crippen molar-refractivity contribution < 1.29 is 8.83 Å². The maximum Gasteiger partial charge on any atom is 0.164 e. The van der Waals surface area contributed by atoms with E-state index in [0.29, 0.717) is 34.9 Å². The van der Waals surface area contributed by atoms with Crippen LogP contribution in [0.4, 0.5) is 0 Å². The van der Waals surface area contributed by atoms with Crippen LogP contribution >= 0.6 is 0 Å². The number of fused-ring (bicyclic) bond motifs is 10. The van der Waals surface area contributed by atoms with E-state index in [1.807, 2.05) is 133 Å². The smallest absolute Gasteiger partial charge is 0.164 e. The van der Waals surface area contributed by atoms with Crippen LogP contribution in [-0.2, 0) is 0 Å². The van der Waals surface area contributed by atoms with E-state index in [1.54, 1.807) is 0 Å². The Balaban J connectivity index is 0.000000143. The third-order valence-electron chi connectivity index (χ3n) is 21.1. The van der Waals surface area contributed by atoms with Crippen molar-refractivity contribution in [1.82, 2.24) is 49.8 Å². The lowest BCUT2D eigenvalue weighted by Crippen LogP contribution is -2.00. The molecular weight excluding hydrogens is 1400 g/mol. The van der Waals surface area contributed by atoms with Crippen LogP contribution in [0.25, 0.3) is 223 Å². The van der Waals surface area contributed by atoms with Gasteiger partial charge in [0.05, 0.1) is 44.1 Å². The van der Waals surface area contributed by atoms with Crippen molar-refractivity contribution in [2.24, 2.45) is 0 Å². The molecule has 0 aliphatic carbocycles. The van der Waals surface area contributed by atoms with Gasteiger partial charge >= 0.3 is 0 Å². The lowest BCUT2D eigenvalue weighted by atomic mass is 9.98. The predicted molar refractivity (Wildman–Crippen MR) is 461 cm³/mol. The van der Waals surface area contributed by atoms with Gasteiger partial charge in [0, 0.05) is 72.6 Å². The lowest BCUT2D eigenvalue weighted by Gasteiger charge is -2.10. The van der Waals surface area contributed by atoms with Crippen LogP contribution in [0, 0.1) is 0 Å². The Hall–Kier alpha value is -15.7. The zero-order chi connectivity index (χ0) is 75.4. The molecule has 0 bridgehead atoms. The molecule has 6 heterocycles. The minimum atomic E-state index is 0.624. The molecule has 114 heavy (non-hydrogen) atoms. The van der Waals surface area contributed by atoms with Gasteiger partial charge in [0.1, 0.15) is 22.3 Å². The van der Waals surface area contributed by atoms with Crippen molar-refractivity contribution in [2.75, 3.05) is 0 Å². The number of furan rings is 2. The quantitative estimate of drug-likeness (QED) is 0.107. The molecule has 0 saturated carbocycles. The first-order chi connectivity index (χ1) is 56.4. The van der Waals surface area contributed by atoms with E-state index < -0.39 is 0 Å². The van der Waals surface area contributed by atoms with Gasteiger partial charge in [-0.15, -0.1) is 0 Å². The summed E-state index contributed by atoms with van der Waals surface area (Å²) in [6.07, 6.45) is 0. The van der Waals surface area contributed by atoms with Crippen LogP contribution < -0.4 is 0 Å². The highest BCUT2D eigenvalue weighted by Gasteiger charge is 2.19. The summed E-state index contributed by atoms with van der Waals surface area (Å²) >= 11 is 0. The van der Waals surface area contributed by atoms with Crippen molar-refractivity contribution in [2.45, 2.75) is 0 Å². The average Bonchev–Trinajstić information content (AvgIpc) is 1.46. The van der Waals surface area contributed by atoms with Crippen molar-refractivity contribution in [1.29, 1.82) is 0 Å². The van der Waals surface area contributed by atoms with Crippen molar-refractivity contribution >= 4 is 88.0 Å². The molecule has 0 fully saturated rings. The van der Waals surface area contributed by atoms with Crippen LogP contribution in [0.3, 0.4) is 0 Å². The molecule has 6 aromatic heterocycles. The summed E-state index contributed by atoms with van der Waals surface area (Å²) in [5, 5.41) is 4.26. The fourth-order valence-electron chi connectivity index (χ4n) is 15.1. The lowest BCUT2D eigenvalue weighted by molar-refractivity contribution is 0.669. The van der Waals surface area contributed by atoms with E-state index in [-0.39, 0.29) is 0 Å². The molecule has 0 N–H and O–H groups in total. The van der Waals surface area contributed by atoms with Crippen LogP contribution in [-0.4, -0.2) is 49.8 Å². The molecule has 0 spiro atoms. The van der Waals surface area contributed by atoms with Gasteiger partial charge in [-0.3, -0.25) is 0 Å². The van der Waals surface area contributed by atoms with Gasteiger partial charge < -0.3 is 8.83 Å². The fraction of sp³-hybridized carbons (Fsp3) is 0. The molecule has 0 unspecified atom stereocenters. The van der Waals surface area contributed by atoms with Gasteiger partial charge in [-0.2, -0.15) is 0 Å². The molecule has 22 rings (SSSR count). The molecule has 532 valence electrons. The van der Waals surface area contributed by atoms with E-state index in [2.05, 4.69) is 243 Å². The Morgan fingerprint density at radius 3 is 0.807 bits per heavy atom. The van der Waals surface area contributed by atoms with Gasteiger partial charge in [-0.1, -0.05) is 322 Å². The zero-order valence-corrected chi connectivity index (χ0v) is 61.1. The number of benzene rings is 16. The van der Waals surface area contributed by atoms with Crippen LogP contribution in [0.15, 0.2) is 385 Å². The summed E-state index contributed by atoms with van der Waals surface area (Å²) in [7, 11) is 0. The van der Waals surface area contributed by atoms with Gasteiger partial charge in [0.2, 0.25) is 0 Å². The predicted octanol–water partition coefficient (Wildman–Crippen LogP) is 25.7. The summed E-state index contributed by atoms with van der Waals surface area (Å²) in [6.45, 7) is 0. The second-order valence-electron chi connectivity index (χ2n) is 28.2. The van der Waals surface area contributed by atoms with Crippen LogP contribution in [0.2, 0.25) is 0 Å². The van der Waals surface area contributed by atoms with Crippen LogP contribution in [0.1, 0.15) is 0 Å². The molecule has 0 amide bonds. The van der Waals surface area contributed by atoms with Gasteiger partial charge in [-0.25, -0.2) is 49.8 Å². The maximum absolute atomic E-state index is 6.12. The Labute approximate surface area is 653 Å². The highest BCUT2D eigenvalue weighted by Crippen LogP contribution is 2.39. The highest BCUT2D eigenvalue weighted by molar-refractivity contribution is 6.11. The first-order valence-electron chi connectivity index (χ1n) is 37.8. The molecule has 12 heteroatoms. The average molecular weight is 1460 g/mol. The number of nitrogens with zero attached hydrogens (tertiary/aromatic N) is 10. The summed E-state index contributed by atoms with van der Waals surface area (Å²) in [6, 6.07) is 129. The third-order valence-corrected chi connectivity index (χ3v) is 21.1. The standard InChI is InChI=1S/2C51H31N5O/c1-3-10-32(11-4-1)33-20-26-38(27-21-33)50-54-49(37-12-5-2-6-13-37)55-51(56-50)39-28-22-35(23-29-39)34-18-24-36(25-19-34)40-15-9-16-43-48(40)53-44-30-42-41-14-7-8-17-46(41)57-47(42)31-45(44)52-43;1-3-9-32(10-4-1)33-19-23-38(24-20-33)50-54-49(37-11-5-2-6-12-37)55-51(56-50)39-25-21-35(22-26-39)34-15-17-36(18-16-34)40-27-28-43-44(29-40)53-46-31-48-42(30-45(46)52-43)41-13-7-8-14-47(41)57-48/h2*1-31H. The normalized spacial score (nSPS) is 11.5. The van der Waals surface area contributed by atoms with E-state index in [9.17, 15) is 0 Å². The molecule has 12 nitrogen and oxygen atoms in total. The summed E-state index contributed by atoms with van der Waals surface area (Å²) in [4.78, 5) is 49.8. The van der Waals surface area contributed by atoms with Crippen molar-refractivity contribution in [3.63, 3.8) is 0 Å². The molecule has 0 radical (unpaired) electrons. The molecular formula is C102H62N10O2. The second-order valence-corrected chi connectivity index (χ2v) is 28.2. The molecule has 22 aromatic rings. The SMILES string of the molecule is c1ccc(-c2ccc(-c3nc(-c4ccccc4)nc(-c4ccc(-c5ccc(-c6ccc7nc8cc9c(cc8nc7c6)oc6ccccc69)cc5)cc4)n3)cc2)cc1.c1ccc(-c2ccc(-c3nc(-c4ccccc4)nc(-c4ccc(-c5ccc(-c6cccc7nc8cc9oc%10ccccc%10c9cc8nc67)cc5)cc4)n3)cc2)cc1. The number of para-hydroxylation sites is 3. The number of hydrogen-bond acceptors (Lipinski definition) is 12. The monoisotopic (exact) mass is 1460 g/mol. The largest absolute Gasteiger partial charge is 0.456 e. The number of rotatable bonds is 12. The van der Waals surface area contributed by atoms with Crippen molar-refractivity contribution in [3.8, 4) is 135 Å². The van der Waals surface area contributed by atoms with Gasteiger partial charge in [0.25, 0.3) is 0 Å². The fourth-order valence-corrected chi connectivity index (χ4v) is 15.1. The summed E-state index contributed by atoms with van der Waals surface area (Å²) in [5.41, 5.74) is 29.0. The topological polar surface area (TPSA) is 155 Å². The molecule has 0 atom stereocenters. The Morgan fingerprint density at radius 1 is 0.140 bits per heavy atom. The molecule has 16 aromatic carbocycles. The van der Waals surface area contributed by atoms with Gasteiger partial charge in [0.15, 0.2) is 34.9 Å². The van der Waals surface area contributed by atoms with Crippen molar-refractivity contribution in [3.05, 3.63) is 376 Å². The van der Waals surface area contributed by atoms with E-state index in [4.69, 9.17) is 58.7 Å². The Morgan fingerprint density at radius 2 is 0.412 bits per heavy atom. The molecule has 0 saturated heterocycles. The maximum atomic E-state index is 6.12. The first kappa shape index (κ1) is 66.5. The Bertz CT molecular complexity index is 7370. The van der Waals surface area contributed by atoms with Gasteiger partial charge in [-0.05, 0) is 104 Å². The first-order valence-corrected chi connectivity index (χ1v) is 37.8. The zero-order valence-electron chi connectivity index (χ0n) is 61.1. The Kier molecular flexibility index (Phi) is 16.6. The number of aromatic nitrogens is 10. The van der Waals surface area contributed by atoms with E-state index >= 15 is 0 Å². The second kappa shape index (κ2) is 28.4. The van der Waals surface area contributed by atoms with E-state index in [1.165, 1.54) is 11.1 Å². The highest BCUT2D eigenvalue weighted by atomic mass is 16.3. The van der Waals surface area contributed by atoms with E-state index in [0.717, 1.165) is 177 Å². The summed E-state index contributed by atoms with van der Waals surface area (Å²) in [5.74, 6) is 3.79. The van der Waals surface area contributed by atoms with Crippen LogP contribution in [0.5, 0.6) is 0 Å². The minimum Gasteiger partial charge on any atom is -0.456 e. The molecule has 0 aliphatic heterocycles. The third kappa shape index (κ3) is 12.8. The number of hydrogen-bond donors (Lipinski definition) is 0. The molecule has 0 aliphatic rings. The summed E-state index contributed by atoms with van der Waals surface area (Å²) < 4.78 is 12.2.